The lowest BCUT2D eigenvalue weighted by Crippen LogP contribution is -2.29. The number of ether oxygens (including phenoxy) is 2. The summed E-state index contributed by atoms with van der Waals surface area (Å²) in [7, 11) is 3.34. The van der Waals surface area contributed by atoms with Gasteiger partial charge in [0.1, 0.15) is 0 Å². The van der Waals surface area contributed by atoms with Gasteiger partial charge in [0.2, 0.25) is 0 Å². The highest BCUT2D eigenvalue weighted by Gasteiger charge is 2.17. The summed E-state index contributed by atoms with van der Waals surface area (Å²) in [5, 5.41) is 11.2. The lowest BCUT2D eigenvalue weighted by molar-refractivity contribution is -0.385. The Bertz CT molecular complexity index is 621. The summed E-state index contributed by atoms with van der Waals surface area (Å²) in [4.78, 5) is 24.1. The summed E-state index contributed by atoms with van der Waals surface area (Å²) < 4.78 is 9.63. The Morgan fingerprint density at radius 3 is 2.75 bits per heavy atom. The molecule has 0 aliphatic carbocycles. The van der Waals surface area contributed by atoms with Crippen LogP contribution in [0.25, 0.3) is 6.08 Å². The summed E-state index contributed by atoms with van der Waals surface area (Å²) in [5.41, 5.74) is 0.579. The number of carbonyl (C=O) groups is 1. The van der Waals surface area contributed by atoms with Crippen LogP contribution in [-0.2, 0) is 9.53 Å². The fraction of sp³-hybridized carbons (Fsp3) is 0.471. The van der Waals surface area contributed by atoms with Crippen LogP contribution in [-0.4, -0.2) is 49.6 Å². The Hall–Kier alpha value is -2.41. The molecule has 1 heterocycles. The van der Waals surface area contributed by atoms with E-state index >= 15 is 0 Å². The van der Waals surface area contributed by atoms with E-state index in [1.165, 1.54) is 19.2 Å². The molecular weight excluding hydrogens is 312 g/mol. The van der Waals surface area contributed by atoms with Gasteiger partial charge in [-0.25, -0.2) is 4.79 Å². The molecule has 1 aliphatic rings. The predicted octanol–water partition coefficient (Wildman–Crippen LogP) is 2.50. The highest BCUT2D eigenvalue weighted by atomic mass is 16.6. The predicted molar refractivity (Wildman–Crippen MR) is 89.9 cm³/mol. The van der Waals surface area contributed by atoms with E-state index in [0.29, 0.717) is 5.92 Å². The van der Waals surface area contributed by atoms with Crippen LogP contribution in [0.2, 0.25) is 0 Å². The van der Waals surface area contributed by atoms with Gasteiger partial charge < -0.3 is 14.4 Å². The number of likely N-dealkylation sites (tertiary alicyclic amines) is 1. The number of methoxy groups -OCH3 is 1. The summed E-state index contributed by atoms with van der Waals surface area (Å²) in [5.74, 6) is -0.0344. The van der Waals surface area contributed by atoms with Gasteiger partial charge in [0.15, 0.2) is 12.4 Å². The highest BCUT2D eigenvalue weighted by Crippen LogP contribution is 2.29. The molecule has 0 bridgehead atoms. The van der Waals surface area contributed by atoms with Crippen molar-refractivity contribution in [2.24, 2.45) is 5.92 Å². The fourth-order valence-electron chi connectivity index (χ4n) is 2.57. The van der Waals surface area contributed by atoms with Gasteiger partial charge >= 0.3 is 11.7 Å². The second kappa shape index (κ2) is 8.44. The van der Waals surface area contributed by atoms with E-state index in [0.717, 1.165) is 31.5 Å². The zero-order valence-corrected chi connectivity index (χ0v) is 13.9. The first-order valence-electron chi connectivity index (χ1n) is 7.84. The Balaban J connectivity index is 2.07. The van der Waals surface area contributed by atoms with Crippen LogP contribution in [0, 0.1) is 16.0 Å². The van der Waals surface area contributed by atoms with Crippen molar-refractivity contribution in [1.82, 2.24) is 4.90 Å². The van der Waals surface area contributed by atoms with E-state index in [9.17, 15) is 14.9 Å². The first-order chi connectivity index (χ1) is 11.5. The zero-order chi connectivity index (χ0) is 17.5. The lowest BCUT2D eigenvalue weighted by atomic mass is 9.96. The van der Waals surface area contributed by atoms with E-state index in [-0.39, 0.29) is 18.0 Å². The monoisotopic (exact) mass is 334 g/mol. The van der Waals surface area contributed by atoms with E-state index in [1.807, 2.05) is 6.08 Å². The Kier molecular flexibility index (Phi) is 6.31. The normalized spacial score (nSPS) is 16.2. The molecule has 1 fully saturated rings. The molecule has 0 radical (unpaired) electrons. The summed E-state index contributed by atoms with van der Waals surface area (Å²) in [6.07, 6.45) is 6.21. The summed E-state index contributed by atoms with van der Waals surface area (Å²) in [6.45, 7) is 1.77. The molecule has 2 rings (SSSR count). The summed E-state index contributed by atoms with van der Waals surface area (Å²) >= 11 is 0. The van der Waals surface area contributed by atoms with Gasteiger partial charge in [-0.2, -0.15) is 0 Å². The number of hydrogen-bond donors (Lipinski definition) is 0. The average Bonchev–Trinajstić information content (AvgIpc) is 2.59. The molecule has 0 spiro atoms. The first-order valence-corrected chi connectivity index (χ1v) is 7.84. The third-order valence-electron chi connectivity index (χ3n) is 4.08. The standard InChI is InChI=1S/C17H22N2O5/c1-18-9-7-13(8-10-18)3-4-14-5-6-16(15(11-14)19(21)22)24-12-17(20)23-2/h3-6,11,13H,7-10,12H2,1-2H3/b4-3-. The first kappa shape index (κ1) is 17.9. The van der Waals surface area contributed by atoms with Crippen molar-refractivity contribution in [1.29, 1.82) is 0 Å². The quantitative estimate of drug-likeness (QED) is 0.452. The Morgan fingerprint density at radius 1 is 1.42 bits per heavy atom. The number of esters is 1. The number of nitro benzene ring substituents is 1. The second-order valence-electron chi connectivity index (χ2n) is 5.85. The van der Waals surface area contributed by atoms with Gasteiger partial charge in [0.05, 0.1) is 12.0 Å². The lowest BCUT2D eigenvalue weighted by Gasteiger charge is -2.26. The van der Waals surface area contributed by atoms with Crippen molar-refractivity contribution in [3.63, 3.8) is 0 Å². The van der Waals surface area contributed by atoms with Crippen molar-refractivity contribution in [3.05, 3.63) is 40.0 Å². The maximum Gasteiger partial charge on any atom is 0.343 e. The van der Waals surface area contributed by atoms with Crippen molar-refractivity contribution >= 4 is 17.7 Å². The molecule has 1 aliphatic heterocycles. The molecule has 130 valence electrons. The Labute approximate surface area is 141 Å². The van der Waals surface area contributed by atoms with Crippen molar-refractivity contribution < 1.29 is 19.2 Å². The number of allylic oxidation sites excluding steroid dienone is 1. The number of nitrogens with zero attached hydrogens (tertiary/aromatic N) is 2. The molecule has 1 aromatic carbocycles. The third kappa shape index (κ3) is 5.06. The minimum atomic E-state index is -0.587. The average molecular weight is 334 g/mol. The number of hydrogen-bond acceptors (Lipinski definition) is 6. The van der Waals surface area contributed by atoms with Crippen molar-refractivity contribution in [2.75, 3.05) is 33.9 Å². The SMILES string of the molecule is COC(=O)COc1ccc(/C=C\C2CCN(C)CC2)cc1[N+](=O)[O-]. The van der Waals surface area contributed by atoms with Crippen LogP contribution in [0.4, 0.5) is 5.69 Å². The van der Waals surface area contributed by atoms with E-state index < -0.39 is 10.9 Å². The minimum absolute atomic E-state index is 0.0573. The molecule has 0 atom stereocenters. The third-order valence-corrected chi connectivity index (χ3v) is 4.08. The van der Waals surface area contributed by atoms with Crippen LogP contribution in [0.3, 0.4) is 0 Å². The molecule has 1 saturated heterocycles. The molecule has 24 heavy (non-hydrogen) atoms. The van der Waals surface area contributed by atoms with Crippen molar-refractivity contribution in [2.45, 2.75) is 12.8 Å². The van der Waals surface area contributed by atoms with Crippen LogP contribution >= 0.6 is 0 Å². The number of piperidine rings is 1. The molecule has 1 aromatic rings. The molecule has 7 nitrogen and oxygen atoms in total. The molecule has 0 N–H and O–H groups in total. The summed E-state index contributed by atoms with van der Waals surface area (Å²) in [6, 6.07) is 4.71. The topological polar surface area (TPSA) is 81.9 Å². The number of rotatable bonds is 6. The highest BCUT2D eigenvalue weighted by molar-refractivity contribution is 5.71. The van der Waals surface area contributed by atoms with E-state index in [4.69, 9.17) is 4.74 Å². The smallest absolute Gasteiger partial charge is 0.343 e. The minimum Gasteiger partial charge on any atom is -0.475 e. The van der Waals surface area contributed by atoms with Gasteiger partial charge in [0, 0.05) is 6.07 Å². The van der Waals surface area contributed by atoms with Crippen LogP contribution in [0.5, 0.6) is 5.75 Å². The molecule has 0 unspecified atom stereocenters. The van der Waals surface area contributed by atoms with E-state index in [2.05, 4.69) is 22.8 Å². The maximum absolute atomic E-state index is 11.2. The molecule has 0 saturated carbocycles. The van der Waals surface area contributed by atoms with Gasteiger partial charge in [0.25, 0.3) is 0 Å². The fourth-order valence-corrected chi connectivity index (χ4v) is 2.57. The number of carbonyl (C=O) groups excluding carboxylic acids is 1. The van der Waals surface area contributed by atoms with Crippen molar-refractivity contribution in [3.8, 4) is 5.75 Å². The maximum atomic E-state index is 11.2. The number of nitro groups is 1. The second-order valence-corrected chi connectivity index (χ2v) is 5.85. The molecular formula is C17H22N2O5. The number of benzene rings is 1. The molecule has 0 aromatic heterocycles. The van der Waals surface area contributed by atoms with Crippen LogP contribution in [0.15, 0.2) is 24.3 Å². The van der Waals surface area contributed by atoms with Gasteiger partial charge in [-0.1, -0.05) is 18.2 Å². The zero-order valence-electron chi connectivity index (χ0n) is 13.9. The Morgan fingerprint density at radius 2 is 2.12 bits per heavy atom. The van der Waals surface area contributed by atoms with Crippen LogP contribution < -0.4 is 4.74 Å². The van der Waals surface area contributed by atoms with Gasteiger partial charge in [-0.15, -0.1) is 0 Å². The van der Waals surface area contributed by atoms with Gasteiger partial charge in [-0.05, 0) is 50.5 Å². The molecule has 0 amide bonds. The van der Waals surface area contributed by atoms with Gasteiger partial charge in [-0.3, -0.25) is 10.1 Å². The van der Waals surface area contributed by atoms with Crippen LogP contribution in [0.1, 0.15) is 18.4 Å². The largest absolute Gasteiger partial charge is 0.475 e. The molecule has 7 heteroatoms. The van der Waals surface area contributed by atoms with E-state index in [1.54, 1.807) is 6.07 Å².